The molecule has 132 valence electrons. The van der Waals surface area contributed by atoms with E-state index in [1.54, 1.807) is 35.6 Å². The average Bonchev–Trinajstić information content (AvgIpc) is 2.67. The van der Waals surface area contributed by atoms with E-state index < -0.39 is 0 Å². The van der Waals surface area contributed by atoms with Crippen molar-refractivity contribution < 1.29 is 9.53 Å². The third-order valence-corrected chi connectivity index (χ3v) is 3.91. The standard InChI is InChI=1S/C21H21N3O2/c1-16(2)24(15-17-7-6-12-22-13-17)21(25)18-10-11-20(23-14-18)26-19-8-4-3-5-9-19/h3-14,16H,15H2,1-2H3. The number of carbonyl (C=O) groups is 1. The Kier molecular flexibility index (Phi) is 5.59. The highest BCUT2D eigenvalue weighted by molar-refractivity contribution is 5.94. The van der Waals surface area contributed by atoms with Gasteiger partial charge in [0.2, 0.25) is 5.88 Å². The minimum absolute atomic E-state index is 0.0583. The van der Waals surface area contributed by atoms with E-state index in [-0.39, 0.29) is 11.9 Å². The van der Waals surface area contributed by atoms with E-state index in [9.17, 15) is 4.79 Å². The zero-order valence-corrected chi connectivity index (χ0v) is 14.9. The Bertz CT molecular complexity index is 834. The molecule has 0 atom stereocenters. The molecule has 2 heterocycles. The van der Waals surface area contributed by atoms with Gasteiger partial charge in [-0.3, -0.25) is 9.78 Å². The van der Waals surface area contributed by atoms with E-state index in [0.717, 1.165) is 5.56 Å². The fraction of sp³-hybridized carbons (Fsp3) is 0.190. The smallest absolute Gasteiger partial charge is 0.255 e. The summed E-state index contributed by atoms with van der Waals surface area (Å²) in [7, 11) is 0. The van der Waals surface area contributed by atoms with Crippen LogP contribution >= 0.6 is 0 Å². The van der Waals surface area contributed by atoms with Crippen molar-refractivity contribution in [1.82, 2.24) is 14.9 Å². The van der Waals surface area contributed by atoms with Gasteiger partial charge in [-0.05, 0) is 43.7 Å². The third-order valence-electron chi connectivity index (χ3n) is 3.91. The lowest BCUT2D eigenvalue weighted by atomic mass is 10.1. The molecule has 0 bridgehead atoms. The number of pyridine rings is 2. The predicted octanol–water partition coefficient (Wildman–Crippen LogP) is 4.32. The Morgan fingerprint density at radius 1 is 1.04 bits per heavy atom. The monoisotopic (exact) mass is 347 g/mol. The summed E-state index contributed by atoms with van der Waals surface area (Å²) in [5.74, 6) is 1.10. The molecule has 0 N–H and O–H groups in total. The predicted molar refractivity (Wildman–Crippen MR) is 100.0 cm³/mol. The number of hydrogen-bond donors (Lipinski definition) is 0. The number of hydrogen-bond acceptors (Lipinski definition) is 4. The molecule has 0 aliphatic heterocycles. The van der Waals surface area contributed by atoms with E-state index in [4.69, 9.17) is 4.74 Å². The largest absolute Gasteiger partial charge is 0.439 e. The normalized spacial score (nSPS) is 10.6. The van der Waals surface area contributed by atoms with Gasteiger partial charge in [-0.2, -0.15) is 0 Å². The van der Waals surface area contributed by atoms with E-state index in [0.29, 0.717) is 23.7 Å². The van der Waals surface area contributed by atoms with Crippen molar-refractivity contribution in [3.8, 4) is 11.6 Å². The Morgan fingerprint density at radius 2 is 1.85 bits per heavy atom. The van der Waals surface area contributed by atoms with Crippen LogP contribution in [0.4, 0.5) is 0 Å². The molecule has 0 saturated carbocycles. The first-order chi connectivity index (χ1) is 12.6. The van der Waals surface area contributed by atoms with Gasteiger partial charge < -0.3 is 9.64 Å². The first-order valence-corrected chi connectivity index (χ1v) is 8.52. The summed E-state index contributed by atoms with van der Waals surface area (Å²) >= 11 is 0. The fourth-order valence-corrected chi connectivity index (χ4v) is 2.52. The summed E-state index contributed by atoms with van der Waals surface area (Å²) in [4.78, 5) is 23.1. The van der Waals surface area contributed by atoms with Crippen LogP contribution in [0.3, 0.4) is 0 Å². The first kappa shape index (κ1) is 17.6. The summed E-state index contributed by atoms with van der Waals surface area (Å²) in [5, 5.41) is 0. The molecule has 0 fully saturated rings. The average molecular weight is 347 g/mol. The topological polar surface area (TPSA) is 55.3 Å². The van der Waals surface area contributed by atoms with Crippen molar-refractivity contribution >= 4 is 5.91 Å². The highest BCUT2D eigenvalue weighted by atomic mass is 16.5. The molecule has 0 saturated heterocycles. The van der Waals surface area contributed by atoms with Crippen LogP contribution in [0.1, 0.15) is 29.8 Å². The highest BCUT2D eigenvalue weighted by Crippen LogP contribution is 2.19. The SMILES string of the molecule is CC(C)N(Cc1cccnc1)C(=O)c1ccc(Oc2ccccc2)nc1. The van der Waals surface area contributed by atoms with Gasteiger partial charge in [0.25, 0.3) is 5.91 Å². The molecule has 0 spiro atoms. The molecule has 0 unspecified atom stereocenters. The van der Waals surface area contributed by atoms with Gasteiger partial charge >= 0.3 is 0 Å². The number of ether oxygens (including phenoxy) is 1. The number of amides is 1. The van der Waals surface area contributed by atoms with Crippen LogP contribution in [0.5, 0.6) is 11.6 Å². The lowest BCUT2D eigenvalue weighted by Gasteiger charge is -2.26. The summed E-state index contributed by atoms with van der Waals surface area (Å²) in [6.45, 7) is 4.50. The minimum atomic E-state index is -0.0670. The van der Waals surface area contributed by atoms with E-state index in [1.807, 2.05) is 56.3 Å². The van der Waals surface area contributed by atoms with Crippen molar-refractivity contribution in [2.45, 2.75) is 26.4 Å². The van der Waals surface area contributed by atoms with Crippen LogP contribution in [0, 0.1) is 0 Å². The van der Waals surface area contributed by atoms with Crippen LogP contribution in [0.15, 0.2) is 73.2 Å². The number of nitrogens with zero attached hydrogens (tertiary/aromatic N) is 3. The van der Waals surface area contributed by atoms with Gasteiger partial charge in [0.05, 0.1) is 5.56 Å². The number of carbonyl (C=O) groups excluding carboxylic acids is 1. The molecule has 5 nitrogen and oxygen atoms in total. The van der Waals surface area contributed by atoms with Gasteiger partial charge in [-0.25, -0.2) is 4.98 Å². The molecule has 0 radical (unpaired) electrons. The number of benzene rings is 1. The Hall–Kier alpha value is -3.21. The van der Waals surface area contributed by atoms with E-state index >= 15 is 0 Å². The molecule has 26 heavy (non-hydrogen) atoms. The zero-order chi connectivity index (χ0) is 18.4. The van der Waals surface area contributed by atoms with Gasteiger partial charge in [-0.1, -0.05) is 24.3 Å². The van der Waals surface area contributed by atoms with Crippen LogP contribution < -0.4 is 4.74 Å². The van der Waals surface area contributed by atoms with Crippen molar-refractivity contribution in [3.05, 3.63) is 84.3 Å². The number of aromatic nitrogens is 2. The maximum atomic E-state index is 12.9. The molecule has 0 aliphatic carbocycles. The van der Waals surface area contributed by atoms with Crippen molar-refractivity contribution in [2.75, 3.05) is 0 Å². The van der Waals surface area contributed by atoms with Crippen LogP contribution in [-0.2, 0) is 6.54 Å². The molecular formula is C21H21N3O2. The maximum absolute atomic E-state index is 12.9. The Labute approximate surface area is 153 Å². The fourth-order valence-electron chi connectivity index (χ4n) is 2.52. The Morgan fingerprint density at radius 3 is 2.46 bits per heavy atom. The second-order valence-electron chi connectivity index (χ2n) is 6.19. The number of para-hydroxylation sites is 1. The van der Waals surface area contributed by atoms with E-state index in [2.05, 4.69) is 9.97 Å². The molecule has 5 heteroatoms. The maximum Gasteiger partial charge on any atom is 0.255 e. The number of rotatable bonds is 6. The van der Waals surface area contributed by atoms with Crippen molar-refractivity contribution in [3.63, 3.8) is 0 Å². The summed E-state index contributed by atoms with van der Waals surface area (Å²) < 4.78 is 5.67. The van der Waals surface area contributed by atoms with Gasteiger partial charge in [0.15, 0.2) is 0 Å². The second kappa shape index (κ2) is 8.25. The van der Waals surface area contributed by atoms with Crippen LogP contribution in [0.25, 0.3) is 0 Å². The first-order valence-electron chi connectivity index (χ1n) is 8.52. The summed E-state index contributed by atoms with van der Waals surface area (Å²) in [5.41, 5.74) is 1.52. The Balaban J connectivity index is 1.73. The van der Waals surface area contributed by atoms with Gasteiger partial charge in [0, 0.05) is 37.2 Å². The molecule has 1 aromatic carbocycles. The lowest BCUT2D eigenvalue weighted by Crippen LogP contribution is -2.36. The quantitative estimate of drug-likeness (QED) is 0.666. The van der Waals surface area contributed by atoms with Gasteiger partial charge in [0.1, 0.15) is 5.75 Å². The molecule has 3 aromatic rings. The summed E-state index contributed by atoms with van der Waals surface area (Å²) in [6, 6.07) is 16.8. The van der Waals surface area contributed by atoms with Crippen molar-refractivity contribution in [1.29, 1.82) is 0 Å². The lowest BCUT2D eigenvalue weighted by molar-refractivity contribution is 0.0689. The minimum Gasteiger partial charge on any atom is -0.439 e. The molecule has 0 aliphatic rings. The third kappa shape index (κ3) is 4.45. The summed E-state index contributed by atoms with van der Waals surface area (Å²) in [6.07, 6.45) is 5.05. The van der Waals surface area contributed by atoms with Gasteiger partial charge in [-0.15, -0.1) is 0 Å². The molecule has 1 amide bonds. The highest BCUT2D eigenvalue weighted by Gasteiger charge is 2.19. The zero-order valence-electron chi connectivity index (χ0n) is 14.9. The molecule has 2 aromatic heterocycles. The van der Waals surface area contributed by atoms with Crippen LogP contribution in [-0.4, -0.2) is 26.8 Å². The van der Waals surface area contributed by atoms with E-state index in [1.165, 1.54) is 0 Å². The van der Waals surface area contributed by atoms with Crippen molar-refractivity contribution in [2.24, 2.45) is 0 Å². The molecular weight excluding hydrogens is 326 g/mol. The van der Waals surface area contributed by atoms with Crippen LogP contribution in [0.2, 0.25) is 0 Å². The molecule has 3 rings (SSSR count). The second-order valence-corrected chi connectivity index (χ2v) is 6.19.